The van der Waals surface area contributed by atoms with E-state index in [2.05, 4.69) is 477 Å². The number of nitrogens with zero attached hydrogens (tertiary/aromatic N) is 3. The molecule has 0 spiro atoms. The van der Waals surface area contributed by atoms with Gasteiger partial charge in [-0.15, -0.1) is 22.7 Å². The van der Waals surface area contributed by atoms with Crippen LogP contribution in [0.15, 0.2) is 459 Å². The Bertz CT molecular complexity index is 9380. The molecule has 4 nitrogen and oxygen atoms in total. The highest BCUT2D eigenvalue weighted by molar-refractivity contribution is 7.27. The second-order valence-electron chi connectivity index (χ2n) is 35.2. The van der Waals surface area contributed by atoms with Crippen molar-refractivity contribution in [3.05, 3.63) is 466 Å². The number of hydrogen-bond acceptors (Lipinski definition) is 6. The summed E-state index contributed by atoms with van der Waals surface area (Å²) in [6.45, 7) is 4.78. The maximum absolute atomic E-state index is 6.53. The summed E-state index contributed by atoms with van der Waals surface area (Å²) in [5.41, 5.74) is 17.7. The van der Waals surface area contributed by atoms with E-state index in [1.807, 2.05) is 28.7 Å². The zero-order chi connectivity index (χ0) is 86.5. The second-order valence-corrected chi connectivity index (χ2v) is 37.3. The molecule has 3 aromatic heterocycles. The lowest BCUT2D eigenvalue weighted by Crippen LogP contribution is -2.15. The summed E-state index contributed by atoms with van der Waals surface area (Å²) in [7, 11) is 0. The van der Waals surface area contributed by atoms with E-state index in [0.717, 1.165) is 73.1 Å². The molecule has 27 aromatic rings. The maximum Gasteiger partial charge on any atom is 0.143 e. The summed E-state index contributed by atoms with van der Waals surface area (Å²) < 4.78 is 11.9. The molecule has 0 saturated heterocycles. The average molecular weight is 1710 g/mol. The fraction of sp³-hybridized carbons (Fsp3) is 0.0240. The minimum absolute atomic E-state index is 0.0813. The molecule has 0 bridgehead atoms. The summed E-state index contributed by atoms with van der Waals surface area (Å²) in [4.78, 5) is 7.11. The van der Waals surface area contributed by atoms with Crippen molar-refractivity contribution in [2.24, 2.45) is 0 Å². The first kappa shape index (κ1) is 76.1. The highest BCUT2D eigenvalue weighted by Gasteiger charge is 2.39. The van der Waals surface area contributed by atoms with Crippen LogP contribution in [0.4, 0.5) is 51.2 Å². The van der Waals surface area contributed by atoms with Gasteiger partial charge in [0.25, 0.3) is 0 Å². The SMILES string of the molecule is CC1(C)c2ccccc2-c2c1c1ccc3cc(N(c4ccccc4)c4ccc5ccccc5c4)ccc3c1c1ccccc21.c1ccc(N(c2ccc3c(ccc4c3c3ccccc3c3sc5ccccc5c43)c2)c2ccc3sc4ccccc4c3c2)cc1.c1ccc(N(c2ccc3ccccc3c2)c2ccc3c(ccc4c5oc6ccccc6c5c5ccccc5c34)c2)cc1. The normalized spacial score (nSPS) is 12.4. The van der Waals surface area contributed by atoms with Gasteiger partial charge in [-0.3, -0.25) is 0 Å². The number of hydrogen-bond donors (Lipinski definition) is 0. The molecule has 0 amide bonds. The van der Waals surface area contributed by atoms with Crippen molar-refractivity contribution in [1.82, 2.24) is 0 Å². The number of fused-ring (bicyclic) bond motifs is 35. The molecular weight excluding hydrogens is 1620 g/mol. The van der Waals surface area contributed by atoms with Crippen molar-refractivity contribution < 1.29 is 4.42 Å². The monoisotopic (exact) mass is 1700 g/mol. The lowest BCUT2D eigenvalue weighted by molar-refractivity contribution is 0.666. The molecule has 0 fully saturated rings. The zero-order valence-corrected chi connectivity index (χ0v) is 73.5. The van der Waals surface area contributed by atoms with Gasteiger partial charge in [0.1, 0.15) is 11.2 Å². The van der Waals surface area contributed by atoms with E-state index in [1.165, 1.54) is 181 Å². The molecule has 0 atom stereocenters. The van der Waals surface area contributed by atoms with Gasteiger partial charge in [-0.25, -0.2) is 0 Å². The molecule has 6 heteroatoms. The van der Waals surface area contributed by atoms with Crippen LogP contribution in [0, 0.1) is 0 Å². The topological polar surface area (TPSA) is 22.9 Å². The zero-order valence-electron chi connectivity index (χ0n) is 71.9. The van der Waals surface area contributed by atoms with Crippen LogP contribution >= 0.6 is 22.7 Å². The summed E-state index contributed by atoms with van der Waals surface area (Å²) in [5.74, 6) is 0. The van der Waals surface area contributed by atoms with Gasteiger partial charge in [-0.05, 0) is 264 Å². The Morgan fingerprint density at radius 1 is 0.206 bits per heavy atom. The molecule has 3 heterocycles. The molecule has 1 aliphatic rings. The molecule has 1 aliphatic carbocycles. The number of rotatable bonds is 9. The number of para-hydroxylation sites is 4. The third-order valence-corrected chi connectivity index (χ3v) is 29.9. The molecule has 0 radical (unpaired) electrons. The van der Waals surface area contributed by atoms with Crippen LogP contribution < -0.4 is 14.7 Å². The fourth-order valence-electron chi connectivity index (χ4n) is 21.7. The van der Waals surface area contributed by atoms with E-state index in [9.17, 15) is 0 Å². The van der Waals surface area contributed by atoms with Gasteiger partial charge in [0, 0.05) is 124 Å². The Morgan fingerprint density at radius 2 is 0.565 bits per heavy atom. The van der Waals surface area contributed by atoms with Crippen molar-refractivity contribution in [2.45, 2.75) is 19.3 Å². The van der Waals surface area contributed by atoms with Crippen molar-refractivity contribution in [2.75, 3.05) is 14.7 Å². The highest BCUT2D eigenvalue weighted by atomic mass is 32.1. The molecule has 131 heavy (non-hydrogen) atoms. The lowest BCUT2D eigenvalue weighted by atomic mass is 9.78. The van der Waals surface area contributed by atoms with Gasteiger partial charge in [-0.1, -0.05) is 329 Å². The summed E-state index contributed by atoms with van der Waals surface area (Å²) in [6.07, 6.45) is 0. The van der Waals surface area contributed by atoms with Crippen molar-refractivity contribution in [1.29, 1.82) is 0 Å². The number of furan rings is 1. The van der Waals surface area contributed by atoms with Gasteiger partial charge in [-0.2, -0.15) is 0 Å². The Hall–Kier alpha value is -16.2. The van der Waals surface area contributed by atoms with Crippen LogP contribution in [0.3, 0.4) is 0 Å². The molecule has 24 aromatic carbocycles. The Kier molecular flexibility index (Phi) is 17.7. The first-order chi connectivity index (χ1) is 64.7. The molecular formula is C125H81N3OS2. The fourth-order valence-corrected chi connectivity index (χ4v) is 24.1. The minimum atomic E-state index is -0.0813. The smallest absolute Gasteiger partial charge is 0.143 e. The van der Waals surface area contributed by atoms with Crippen molar-refractivity contribution >= 4 is 255 Å². The van der Waals surface area contributed by atoms with E-state index >= 15 is 0 Å². The quantitative estimate of drug-likeness (QED) is 0.134. The first-order valence-corrected chi connectivity index (χ1v) is 46.7. The Morgan fingerprint density at radius 3 is 1.13 bits per heavy atom. The molecule has 0 N–H and O–H groups in total. The van der Waals surface area contributed by atoms with E-state index in [0.29, 0.717) is 0 Å². The first-order valence-electron chi connectivity index (χ1n) is 45.1. The standard InChI is InChI=1S/C43H31N.C42H25NS2.C40H25NO/c1-43(2)39-19-11-10-18-37(39)41-36-17-9-8-16-35(36)40-34-25-23-33(27-30(34)21-24-38(40)42(41)43)44(31-14-4-3-5-15-31)32-22-20-28-12-6-7-13-29(28)26-32;1-2-10-27(11-3-1)43(29-20-23-39-36(25-29)31-12-6-8-16-37(31)44-39)28-19-22-30-26(24-28)18-21-35-40(30)32-13-4-5-14-33(32)42-41(35)34-15-7-9-17-38(34)45-42;1-2-12-29(13-3-1)41(30-20-18-26-10-4-5-11-27(26)24-30)31-21-23-32-28(25-31)19-22-36-38(32)33-14-6-7-15-34(33)39-35-16-8-9-17-37(35)42-40(36)39/h3-27H,1-2H3;1-25H;1-25H. The van der Waals surface area contributed by atoms with Crippen LogP contribution in [-0.4, -0.2) is 0 Å². The maximum atomic E-state index is 6.53. The molecule has 0 saturated carbocycles. The van der Waals surface area contributed by atoms with Gasteiger partial charge in [0.2, 0.25) is 0 Å². The van der Waals surface area contributed by atoms with E-state index < -0.39 is 0 Å². The van der Waals surface area contributed by atoms with Crippen molar-refractivity contribution in [3.63, 3.8) is 0 Å². The van der Waals surface area contributed by atoms with Crippen LogP contribution in [0.1, 0.15) is 25.0 Å². The highest BCUT2D eigenvalue weighted by Crippen LogP contribution is 2.57. The minimum Gasteiger partial charge on any atom is -0.455 e. The van der Waals surface area contributed by atoms with Crippen LogP contribution in [-0.2, 0) is 5.41 Å². The van der Waals surface area contributed by atoms with Crippen LogP contribution in [0.2, 0.25) is 0 Å². The lowest BCUT2D eigenvalue weighted by Gasteiger charge is -2.27. The van der Waals surface area contributed by atoms with Gasteiger partial charge in [0.05, 0.1) is 0 Å². The predicted molar refractivity (Wildman–Crippen MR) is 567 cm³/mol. The van der Waals surface area contributed by atoms with E-state index in [4.69, 9.17) is 4.42 Å². The summed E-state index contributed by atoms with van der Waals surface area (Å²) in [6, 6.07) is 166. The molecule has 0 aliphatic heterocycles. The summed E-state index contributed by atoms with van der Waals surface area (Å²) >= 11 is 3.77. The third-order valence-electron chi connectivity index (χ3n) is 27.5. The summed E-state index contributed by atoms with van der Waals surface area (Å²) in [5, 5.41) is 35.7. The average Bonchev–Trinajstić information content (AvgIpc) is 1.57. The third kappa shape index (κ3) is 12.3. The second kappa shape index (κ2) is 30.5. The van der Waals surface area contributed by atoms with Gasteiger partial charge < -0.3 is 19.1 Å². The largest absolute Gasteiger partial charge is 0.455 e. The van der Waals surface area contributed by atoms with E-state index in [-0.39, 0.29) is 5.41 Å². The van der Waals surface area contributed by atoms with Crippen LogP contribution in [0.5, 0.6) is 0 Å². The van der Waals surface area contributed by atoms with E-state index in [1.54, 1.807) is 0 Å². The number of benzene rings is 24. The molecule has 28 rings (SSSR count). The van der Waals surface area contributed by atoms with Gasteiger partial charge >= 0.3 is 0 Å². The Labute approximate surface area is 764 Å². The predicted octanol–water partition coefficient (Wildman–Crippen LogP) is 37.1. The molecule has 614 valence electrons. The Balaban J connectivity index is 0.000000103. The molecule has 0 unspecified atom stereocenters. The van der Waals surface area contributed by atoms with Crippen LogP contribution in [0.25, 0.3) is 192 Å². The van der Waals surface area contributed by atoms with Gasteiger partial charge in [0.15, 0.2) is 0 Å². The number of thiophene rings is 2. The number of anilines is 9. The van der Waals surface area contributed by atoms with Crippen molar-refractivity contribution in [3.8, 4) is 11.1 Å².